The molecule has 1 fully saturated rings. The lowest BCUT2D eigenvalue weighted by atomic mass is 9.83. The third-order valence-electron chi connectivity index (χ3n) is 4.21. The van der Waals surface area contributed by atoms with Crippen molar-refractivity contribution in [3.8, 4) is 0 Å². The molecule has 0 unspecified atom stereocenters. The second kappa shape index (κ2) is 5.96. The molecule has 0 heterocycles. The van der Waals surface area contributed by atoms with Crippen molar-refractivity contribution in [1.29, 1.82) is 0 Å². The van der Waals surface area contributed by atoms with E-state index in [9.17, 15) is 4.79 Å². The van der Waals surface area contributed by atoms with Crippen LogP contribution in [0.15, 0.2) is 18.2 Å². The number of halogens is 1. The fourth-order valence-electron chi connectivity index (χ4n) is 2.72. The molecule has 0 aliphatic heterocycles. The number of rotatable bonds is 3. The van der Waals surface area contributed by atoms with Crippen molar-refractivity contribution in [3.63, 3.8) is 0 Å². The van der Waals surface area contributed by atoms with Gasteiger partial charge >= 0.3 is 0 Å². The summed E-state index contributed by atoms with van der Waals surface area (Å²) in [6.45, 7) is 4.09. The lowest BCUT2D eigenvalue weighted by Crippen LogP contribution is -2.51. The number of hydrogen-bond acceptors (Lipinski definition) is 1. The lowest BCUT2D eigenvalue weighted by Gasteiger charge is -2.36. The van der Waals surface area contributed by atoms with Gasteiger partial charge in [0.1, 0.15) is 0 Å². The first kappa shape index (κ1) is 14.4. The molecule has 1 amide bonds. The molecule has 0 radical (unpaired) electrons. The highest BCUT2D eigenvalue weighted by molar-refractivity contribution is 6.19. The van der Waals surface area contributed by atoms with Crippen molar-refractivity contribution < 1.29 is 4.79 Å². The predicted molar refractivity (Wildman–Crippen MR) is 79.9 cm³/mol. The maximum atomic E-state index is 12.4. The van der Waals surface area contributed by atoms with Crippen molar-refractivity contribution in [2.75, 3.05) is 5.88 Å². The third kappa shape index (κ3) is 3.30. The molecule has 1 aliphatic rings. The fourth-order valence-corrected chi connectivity index (χ4v) is 3.05. The van der Waals surface area contributed by atoms with E-state index in [1.165, 1.54) is 12.0 Å². The maximum Gasteiger partial charge on any atom is 0.251 e. The maximum absolute atomic E-state index is 12.4. The number of hydrogen-bond donors (Lipinski definition) is 1. The summed E-state index contributed by atoms with van der Waals surface area (Å²) in [5, 5.41) is 3.17. The highest BCUT2D eigenvalue weighted by Crippen LogP contribution is 2.29. The summed E-state index contributed by atoms with van der Waals surface area (Å²) < 4.78 is 0. The monoisotopic (exact) mass is 279 g/mol. The number of carbonyl (C=O) groups excluding carboxylic acids is 1. The summed E-state index contributed by atoms with van der Waals surface area (Å²) in [5.74, 6) is 0.509. The zero-order valence-corrected chi connectivity index (χ0v) is 12.5. The van der Waals surface area contributed by atoms with Crippen LogP contribution in [0.1, 0.15) is 53.6 Å². The molecule has 0 bridgehead atoms. The minimum absolute atomic E-state index is 0.00523. The molecule has 0 atom stereocenters. The van der Waals surface area contributed by atoms with Gasteiger partial charge in [-0.1, -0.05) is 25.3 Å². The average Bonchev–Trinajstić information content (AvgIpc) is 2.43. The molecule has 2 nitrogen and oxygen atoms in total. The molecule has 1 N–H and O–H groups in total. The molecule has 2 rings (SSSR count). The summed E-state index contributed by atoms with van der Waals surface area (Å²) >= 11 is 6.11. The van der Waals surface area contributed by atoms with Gasteiger partial charge in [-0.25, -0.2) is 0 Å². The van der Waals surface area contributed by atoms with Gasteiger partial charge in [0.15, 0.2) is 0 Å². The van der Waals surface area contributed by atoms with E-state index >= 15 is 0 Å². The second-order valence-electron chi connectivity index (χ2n) is 5.73. The van der Waals surface area contributed by atoms with E-state index in [4.69, 9.17) is 11.6 Å². The standard InChI is InChI=1S/C16H22ClNO/c1-12-6-7-14(10-13(12)2)15(19)18-16(11-17)8-4-3-5-9-16/h6-7,10H,3-5,8-9,11H2,1-2H3,(H,18,19). The minimum atomic E-state index is -0.199. The van der Waals surface area contributed by atoms with Crippen molar-refractivity contribution in [2.24, 2.45) is 0 Å². The van der Waals surface area contributed by atoms with Gasteiger partial charge in [0.05, 0.1) is 5.54 Å². The summed E-state index contributed by atoms with van der Waals surface area (Å²) in [6.07, 6.45) is 5.54. The Morgan fingerprint density at radius 1 is 1.21 bits per heavy atom. The molecule has 1 aromatic rings. The molecule has 19 heavy (non-hydrogen) atoms. The second-order valence-corrected chi connectivity index (χ2v) is 6.00. The first-order chi connectivity index (χ1) is 9.06. The van der Waals surface area contributed by atoms with Crippen LogP contribution in [0.3, 0.4) is 0 Å². The van der Waals surface area contributed by atoms with Gasteiger partial charge in [-0.15, -0.1) is 11.6 Å². The number of aryl methyl sites for hydroxylation is 2. The Morgan fingerprint density at radius 2 is 1.89 bits per heavy atom. The average molecular weight is 280 g/mol. The van der Waals surface area contributed by atoms with Gasteiger partial charge < -0.3 is 5.32 Å². The number of nitrogens with one attached hydrogen (secondary N) is 1. The van der Waals surface area contributed by atoms with Crippen LogP contribution < -0.4 is 5.32 Å². The minimum Gasteiger partial charge on any atom is -0.345 e. The normalized spacial score (nSPS) is 18.1. The Labute approximate surface area is 120 Å². The molecule has 3 heteroatoms. The van der Waals surface area contributed by atoms with E-state index < -0.39 is 0 Å². The Kier molecular flexibility index (Phi) is 4.51. The van der Waals surface area contributed by atoms with Gasteiger partial charge in [-0.05, 0) is 49.9 Å². The van der Waals surface area contributed by atoms with Gasteiger partial charge in [0.25, 0.3) is 5.91 Å². The molecule has 0 spiro atoms. The molecule has 104 valence electrons. The largest absolute Gasteiger partial charge is 0.345 e. The highest BCUT2D eigenvalue weighted by Gasteiger charge is 2.32. The summed E-state index contributed by atoms with van der Waals surface area (Å²) in [5.41, 5.74) is 2.89. The topological polar surface area (TPSA) is 29.1 Å². The van der Waals surface area contributed by atoms with Crippen LogP contribution in [0, 0.1) is 13.8 Å². The first-order valence-electron chi connectivity index (χ1n) is 7.02. The molecule has 1 aromatic carbocycles. The van der Waals surface area contributed by atoms with Crippen molar-refractivity contribution in [1.82, 2.24) is 5.32 Å². The molecular formula is C16H22ClNO. The van der Waals surface area contributed by atoms with E-state index in [1.54, 1.807) is 0 Å². The smallest absolute Gasteiger partial charge is 0.251 e. The summed E-state index contributed by atoms with van der Waals surface area (Å²) in [4.78, 5) is 12.4. The SMILES string of the molecule is Cc1ccc(C(=O)NC2(CCl)CCCCC2)cc1C. The molecule has 0 saturated heterocycles. The molecular weight excluding hydrogens is 258 g/mol. The van der Waals surface area contributed by atoms with E-state index in [2.05, 4.69) is 12.2 Å². The zero-order valence-electron chi connectivity index (χ0n) is 11.8. The van der Waals surface area contributed by atoms with Gasteiger partial charge in [-0.2, -0.15) is 0 Å². The van der Waals surface area contributed by atoms with Gasteiger partial charge in [-0.3, -0.25) is 4.79 Å². The third-order valence-corrected chi connectivity index (χ3v) is 4.73. The van der Waals surface area contributed by atoms with E-state index in [0.717, 1.165) is 36.8 Å². The van der Waals surface area contributed by atoms with Crippen LogP contribution in [0.4, 0.5) is 0 Å². The van der Waals surface area contributed by atoms with E-state index in [0.29, 0.717) is 5.88 Å². The first-order valence-corrected chi connectivity index (χ1v) is 7.55. The number of carbonyl (C=O) groups is 1. The number of amides is 1. The van der Waals surface area contributed by atoms with Crippen LogP contribution in [-0.2, 0) is 0 Å². The van der Waals surface area contributed by atoms with Crippen molar-refractivity contribution in [3.05, 3.63) is 34.9 Å². The van der Waals surface area contributed by atoms with Gasteiger partial charge in [0.2, 0.25) is 0 Å². The van der Waals surface area contributed by atoms with E-state index in [1.807, 2.05) is 25.1 Å². The predicted octanol–water partition coefficient (Wildman–Crippen LogP) is 3.97. The van der Waals surface area contributed by atoms with Crippen LogP contribution >= 0.6 is 11.6 Å². The van der Waals surface area contributed by atoms with Crippen LogP contribution in [0.5, 0.6) is 0 Å². The molecule has 0 aromatic heterocycles. The van der Waals surface area contributed by atoms with Gasteiger partial charge in [0, 0.05) is 11.4 Å². The summed E-state index contributed by atoms with van der Waals surface area (Å²) in [7, 11) is 0. The lowest BCUT2D eigenvalue weighted by molar-refractivity contribution is 0.0884. The Bertz CT molecular complexity index is 464. The summed E-state index contributed by atoms with van der Waals surface area (Å²) in [6, 6.07) is 5.84. The van der Waals surface area contributed by atoms with Crippen LogP contribution in [-0.4, -0.2) is 17.3 Å². The molecule has 1 aliphatic carbocycles. The quantitative estimate of drug-likeness (QED) is 0.833. The van der Waals surface area contributed by atoms with Crippen molar-refractivity contribution >= 4 is 17.5 Å². The van der Waals surface area contributed by atoms with E-state index in [-0.39, 0.29) is 11.4 Å². The molecule has 1 saturated carbocycles. The number of benzene rings is 1. The number of alkyl halides is 1. The van der Waals surface area contributed by atoms with Crippen LogP contribution in [0.25, 0.3) is 0 Å². The fraction of sp³-hybridized carbons (Fsp3) is 0.562. The van der Waals surface area contributed by atoms with Crippen molar-refractivity contribution in [2.45, 2.75) is 51.5 Å². The van der Waals surface area contributed by atoms with Crippen LogP contribution in [0.2, 0.25) is 0 Å². The zero-order chi connectivity index (χ0) is 13.9. The highest BCUT2D eigenvalue weighted by atomic mass is 35.5. The Balaban J connectivity index is 2.12. The Morgan fingerprint density at radius 3 is 2.47 bits per heavy atom. The Hall–Kier alpha value is -1.02.